The van der Waals surface area contributed by atoms with Gasteiger partial charge >= 0.3 is 0 Å². The molecule has 26 heavy (non-hydrogen) atoms. The van der Waals surface area contributed by atoms with Crippen LogP contribution in [0.3, 0.4) is 0 Å². The fraction of sp³-hybridized carbons (Fsp3) is 0.389. The van der Waals surface area contributed by atoms with Gasteiger partial charge < -0.3 is 14.8 Å². The monoisotopic (exact) mass is 372 g/mol. The average molecular weight is 372 g/mol. The molecule has 8 heteroatoms. The number of nitrogens with one attached hydrogen (secondary N) is 1. The summed E-state index contributed by atoms with van der Waals surface area (Å²) in [6.45, 7) is 0. The van der Waals surface area contributed by atoms with Crippen molar-refractivity contribution in [1.29, 1.82) is 0 Å². The maximum Gasteiger partial charge on any atom is 0.227 e. The highest BCUT2D eigenvalue weighted by Crippen LogP contribution is 2.43. The molecule has 0 radical (unpaired) electrons. The summed E-state index contributed by atoms with van der Waals surface area (Å²) in [5.41, 5.74) is 1.85. The van der Waals surface area contributed by atoms with Crippen LogP contribution in [0, 0.1) is 5.92 Å². The van der Waals surface area contributed by atoms with Crippen molar-refractivity contribution in [3.63, 3.8) is 0 Å². The van der Waals surface area contributed by atoms with Crippen molar-refractivity contribution in [2.45, 2.75) is 24.0 Å². The van der Waals surface area contributed by atoms with E-state index in [1.54, 1.807) is 14.2 Å². The summed E-state index contributed by atoms with van der Waals surface area (Å²) in [5, 5.41) is 8.57. The van der Waals surface area contributed by atoms with Crippen molar-refractivity contribution < 1.29 is 14.3 Å². The molecule has 0 saturated heterocycles. The van der Waals surface area contributed by atoms with Crippen LogP contribution in [0.25, 0.3) is 0 Å². The molecule has 4 rings (SSSR count). The van der Waals surface area contributed by atoms with Gasteiger partial charge in [0.05, 0.1) is 26.2 Å². The van der Waals surface area contributed by atoms with Crippen LogP contribution in [-0.2, 0) is 4.79 Å². The zero-order valence-corrected chi connectivity index (χ0v) is 15.7. The van der Waals surface area contributed by atoms with Gasteiger partial charge in [0.15, 0.2) is 11.5 Å². The van der Waals surface area contributed by atoms with Gasteiger partial charge in [0, 0.05) is 12.1 Å². The molecule has 1 aromatic carbocycles. The van der Waals surface area contributed by atoms with Crippen LogP contribution in [0.5, 0.6) is 11.5 Å². The lowest BCUT2D eigenvalue weighted by Gasteiger charge is -2.36. The third kappa shape index (κ3) is 2.65. The molecule has 2 heterocycles. The van der Waals surface area contributed by atoms with Gasteiger partial charge in [-0.1, -0.05) is 23.9 Å². The van der Waals surface area contributed by atoms with Gasteiger partial charge in [0.2, 0.25) is 11.1 Å². The van der Waals surface area contributed by atoms with E-state index in [2.05, 4.69) is 21.5 Å². The summed E-state index contributed by atoms with van der Waals surface area (Å²) >= 11 is 1.48. The Kier molecular flexibility index (Phi) is 4.36. The number of benzene rings is 1. The summed E-state index contributed by atoms with van der Waals surface area (Å²) in [6.07, 6.45) is 5.32. The average Bonchev–Trinajstić information content (AvgIpc) is 3.08. The van der Waals surface area contributed by atoms with E-state index in [0.29, 0.717) is 29.0 Å². The summed E-state index contributed by atoms with van der Waals surface area (Å²) in [5.74, 6) is 1.85. The Morgan fingerprint density at radius 3 is 2.81 bits per heavy atom. The zero-order valence-electron chi connectivity index (χ0n) is 14.9. The number of hydrogen-bond donors (Lipinski definition) is 1. The van der Waals surface area contributed by atoms with Crippen LogP contribution in [0.4, 0.5) is 5.95 Å². The van der Waals surface area contributed by atoms with Crippen molar-refractivity contribution in [3.8, 4) is 11.5 Å². The third-order valence-electron chi connectivity index (χ3n) is 4.82. The number of ether oxygens (including phenoxy) is 2. The molecule has 0 spiro atoms. The minimum absolute atomic E-state index is 0.210. The van der Waals surface area contributed by atoms with Crippen LogP contribution in [0.2, 0.25) is 0 Å². The maximum atomic E-state index is 12.8. The molecule has 0 saturated carbocycles. The standard InChI is InChI=1S/C18H20N4O3S/c1-24-13-8-7-10(9-14(13)25-2)16-15-11(5-4-6-12(15)23)19-17-20-18(26-3)21-22(16)17/h5,7-9,15-16H,4,6H2,1-3H3,(H,19,20,21)/t15-,16-/m0/s1. The molecule has 7 nitrogen and oxygen atoms in total. The Morgan fingerprint density at radius 2 is 2.08 bits per heavy atom. The van der Waals surface area contributed by atoms with Crippen LogP contribution in [0.1, 0.15) is 24.4 Å². The first-order valence-corrected chi connectivity index (χ1v) is 9.61. The number of carbonyl (C=O) groups excluding carboxylic acids is 1. The molecule has 2 aliphatic rings. The minimum Gasteiger partial charge on any atom is -0.493 e. The molecule has 1 N–H and O–H groups in total. The highest BCUT2D eigenvalue weighted by molar-refractivity contribution is 7.98. The summed E-state index contributed by atoms with van der Waals surface area (Å²) < 4.78 is 12.6. The zero-order chi connectivity index (χ0) is 18.3. The smallest absolute Gasteiger partial charge is 0.227 e. The van der Waals surface area contributed by atoms with Gasteiger partial charge in [-0.3, -0.25) is 4.79 Å². The van der Waals surface area contributed by atoms with Crippen molar-refractivity contribution >= 4 is 23.5 Å². The predicted octanol–water partition coefficient (Wildman–Crippen LogP) is 2.90. The lowest BCUT2D eigenvalue weighted by molar-refractivity contribution is -0.123. The Labute approximate surface area is 155 Å². The van der Waals surface area contributed by atoms with E-state index in [1.165, 1.54) is 11.8 Å². The molecule has 0 fully saturated rings. The number of rotatable bonds is 4. The number of nitrogens with zero attached hydrogens (tertiary/aromatic N) is 3. The number of hydrogen-bond acceptors (Lipinski definition) is 7. The first-order chi connectivity index (χ1) is 12.7. The second-order valence-corrected chi connectivity index (χ2v) is 6.97. The summed E-state index contributed by atoms with van der Waals surface area (Å²) in [6, 6.07) is 5.47. The molecule has 0 unspecified atom stereocenters. The second kappa shape index (κ2) is 6.68. The number of fused-ring (bicyclic) bond motifs is 2. The van der Waals surface area contributed by atoms with Crippen molar-refractivity contribution in [2.75, 3.05) is 25.8 Å². The molecule has 1 aliphatic carbocycles. The van der Waals surface area contributed by atoms with Crippen LogP contribution < -0.4 is 14.8 Å². The Morgan fingerprint density at radius 1 is 1.27 bits per heavy atom. The molecule has 136 valence electrons. The van der Waals surface area contributed by atoms with Gasteiger partial charge in [-0.25, -0.2) is 4.68 Å². The molecule has 1 aromatic heterocycles. The third-order valence-corrected chi connectivity index (χ3v) is 5.35. The largest absolute Gasteiger partial charge is 0.493 e. The van der Waals surface area contributed by atoms with Gasteiger partial charge in [0.1, 0.15) is 5.78 Å². The molecular formula is C18H20N4O3S. The molecule has 2 aromatic rings. The number of methoxy groups -OCH3 is 2. The maximum absolute atomic E-state index is 12.8. The van der Waals surface area contributed by atoms with Crippen molar-refractivity contribution in [1.82, 2.24) is 14.8 Å². The quantitative estimate of drug-likeness (QED) is 0.827. The topological polar surface area (TPSA) is 78.3 Å². The van der Waals surface area contributed by atoms with E-state index in [1.807, 2.05) is 29.1 Å². The van der Waals surface area contributed by atoms with E-state index >= 15 is 0 Å². The molecule has 0 amide bonds. The van der Waals surface area contributed by atoms with E-state index in [0.717, 1.165) is 17.7 Å². The van der Waals surface area contributed by atoms with Crippen LogP contribution in [-0.4, -0.2) is 41.0 Å². The van der Waals surface area contributed by atoms with E-state index in [4.69, 9.17) is 9.47 Å². The number of allylic oxidation sites excluding steroid dienone is 2. The highest BCUT2D eigenvalue weighted by atomic mass is 32.2. The van der Waals surface area contributed by atoms with Gasteiger partial charge in [-0.05, 0) is 30.4 Å². The molecular weight excluding hydrogens is 352 g/mol. The SMILES string of the molecule is COc1ccc([C@H]2[C@@H]3C(=O)CCC=C3Nc3nc(SC)nn32)cc1OC. The predicted molar refractivity (Wildman–Crippen MR) is 98.9 cm³/mol. The van der Waals surface area contributed by atoms with Crippen LogP contribution in [0.15, 0.2) is 35.1 Å². The lowest BCUT2D eigenvalue weighted by Crippen LogP contribution is -2.38. The molecule has 2 atom stereocenters. The molecule has 0 bridgehead atoms. The van der Waals surface area contributed by atoms with Gasteiger partial charge in [-0.2, -0.15) is 4.98 Å². The summed E-state index contributed by atoms with van der Waals surface area (Å²) in [7, 11) is 3.21. The number of ketones is 1. The van der Waals surface area contributed by atoms with E-state index < -0.39 is 0 Å². The normalized spacial score (nSPS) is 21.3. The Balaban J connectivity index is 1.89. The van der Waals surface area contributed by atoms with Crippen molar-refractivity contribution in [3.05, 3.63) is 35.5 Å². The number of carbonyl (C=O) groups is 1. The summed E-state index contributed by atoms with van der Waals surface area (Å²) in [4.78, 5) is 17.3. The van der Waals surface area contributed by atoms with Crippen molar-refractivity contribution in [2.24, 2.45) is 5.92 Å². The van der Waals surface area contributed by atoms with Crippen LogP contribution >= 0.6 is 11.8 Å². The number of Topliss-reactive ketones (excluding diaryl/α,β-unsaturated/α-hetero) is 1. The van der Waals surface area contributed by atoms with Gasteiger partial charge in [0.25, 0.3) is 0 Å². The number of anilines is 1. The first kappa shape index (κ1) is 17.0. The highest BCUT2D eigenvalue weighted by Gasteiger charge is 2.41. The fourth-order valence-corrected chi connectivity index (χ4v) is 3.96. The second-order valence-electron chi connectivity index (χ2n) is 6.19. The Bertz CT molecular complexity index is 893. The number of aromatic nitrogens is 3. The first-order valence-electron chi connectivity index (χ1n) is 8.38. The van der Waals surface area contributed by atoms with E-state index in [9.17, 15) is 4.79 Å². The minimum atomic E-state index is -0.300. The number of thioether (sulfide) groups is 1. The lowest BCUT2D eigenvalue weighted by atomic mass is 9.81. The fourth-order valence-electron chi connectivity index (χ4n) is 3.61. The Hall–Kier alpha value is -2.48. The molecule has 1 aliphatic heterocycles. The van der Waals surface area contributed by atoms with Gasteiger partial charge in [-0.15, -0.1) is 5.10 Å². The van der Waals surface area contributed by atoms with E-state index in [-0.39, 0.29) is 17.7 Å².